The zero-order valence-electron chi connectivity index (χ0n) is 16.1. The summed E-state index contributed by atoms with van der Waals surface area (Å²) >= 11 is 0. The number of benzene rings is 2. The molecule has 0 bridgehead atoms. The molecule has 1 heterocycles. The Morgan fingerprint density at radius 2 is 1.86 bits per heavy atom. The fourth-order valence-electron chi connectivity index (χ4n) is 2.70. The average Bonchev–Trinajstić information content (AvgIpc) is 3.16. The van der Waals surface area contributed by atoms with E-state index in [0.717, 1.165) is 10.9 Å². The lowest BCUT2D eigenvalue weighted by Gasteiger charge is -2.16. The number of carbonyl (C=O) groups is 3. The van der Waals surface area contributed by atoms with Gasteiger partial charge >= 0.3 is 5.97 Å². The van der Waals surface area contributed by atoms with E-state index in [-0.39, 0.29) is 18.1 Å². The Labute approximate surface area is 167 Å². The van der Waals surface area contributed by atoms with Crippen LogP contribution >= 0.6 is 0 Å². The van der Waals surface area contributed by atoms with E-state index in [4.69, 9.17) is 9.47 Å². The van der Waals surface area contributed by atoms with E-state index in [0.29, 0.717) is 11.4 Å². The van der Waals surface area contributed by atoms with Crippen molar-refractivity contribution in [3.63, 3.8) is 0 Å². The second kappa shape index (κ2) is 8.92. The van der Waals surface area contributed by atoms with Gasteiger partial charge in [0.25, 0.3) is 5.91 Å². The molecule has 2 aromatic carbocycles. The van der Waals surface area contributed by atoms with Gasteiger partial charge in [0, 0.05) is 29.7 Å². The van der Waals surface area contributed by atoms with Crippen LogP contribution in [0.15, 0.2) is 54.6 Å². The molecule has 0 atom stereocenters. The molecule has 3 rings (SSSR count). The number of amides is 2. The zero-order valence-corrected chi connectivity index (χ0v) is 16.1. The van der Waals surface area contributed by atoms with Gasteiger partial charge in [-0.3, -0.25) is 9.59 Å². The number of hydrogen-bond donors (Lipinski definition) is 2. The first-order chi connectivity index (χ1) is 14.0. The van der Waals surface area contributed by atoms with Gasteiger partial charge in [-0.05, 0) is 24.3 Å². The van der Waals surface area contributed by atoms with Crippen LogP contribution in [0.25, 0.3) is 10.9 Å². The van der Waals surface area contributed by atoms with Gasteiger partial charge in [-0.1, -0.05) is 24.3 Å². The number of aromatic nitrogens is 1. The Kier molecular flexibility index (Phi) is 6.13. The second-order valence-corrected chi connectivity index (χ2v) is 6.38. The first-order valence-electron chi connectivity index (χ1n) is 8.89. The fraction of sp³-hybridized carbons (Fsp3) is 0.190. The fourth-order valence-corrected chi connectivity index (χ4v) is 2.70. The summed E-state index contributed by atoms with van der Waals surface area (Å²) in [4.78, 5) is 40.6. The summed E-state index contributed by atoms with van der Waals surface area (Å²) in [7, 11) is 2.99. The minimum atomic E-state index is -0.635. The Morgan fingerprint density at radius 3 is 2.62 bits per heavy atom. The van der Waals surface area contributed by atoms with Crippen molar-refractivity contribution in [2.24, 2.45) is 0 Å². The molecular formula is C21H21N3O5. The summed E-state index contributed by atoms with van der Waals surface area (Å²) in [5.41, 5.74) is 1.62. The normalized spacial score (nSPS) is 10.4. The van der Waals surface area contributed by atoms with Crippen LogP contribution in [0.1, 0.15) is 10.5 Å². The smallest absolute Gasteiger partial charge is 0.355 e. The molecule has 150 valence electrons. The van der Waals surface area contributed by atoms with E-state index in [2.05, 4.69) is 10.3 Å². The van der Waals surface area contributed by atoms with Crippen molar-refractivity contribution in [3.05, 3.63) is 60.3 Å². The molecule has 8 nitrogen and oxygen atoms in total. The maximum absolute atomic E-state index is 12.2. The van der Waals surface area contributed by atoms with E-state index >= 15 is 0 Å². The topological polar surface area (TPSA) is 101 Å². The van der Waals surface area contributed by atoms with Crippen LogP contribution in [-0.4, -0.2) is 55.0 Å². The van der Waals surface area contributed by atoms with Crippen LogP contribution in [0.3, 0.4) is 0 Å². The number of esters is 1. The van der Waals surface area contributed by atoms with Crippen molar-refractivity contribution < 1.29 is 23.9 Å². The molecule has 2 N–H and O–H groups in total. The number of fused-ring (bicyclic) bond motifs is 1. The summed E-state index contributed by atoms with van der Waals surface area (Å²) in [6.07, 6.45) is 0. The third-order valence-electron chi connectivity index (χ3n) is 4.24. The summed E-state index contributed by atoms with van der Waals surface area (Å²) in [6, 6.07) is 16.0. The number of likely N-dealkylation sites (N-methyl/N-ethyl adjacent to an activating group) is 1. The molecule has 3 aromatic rings. The Hall–Kier alpha value is -3.81. The molecule has 0 unspecified atom stereocenters. The molecule has 0 spiro atoms. The summed E-state index contributed by atoms with van der Waals surface area (Å²) in [5.74, 6) is -0.897. The number of nitrogens with one attached hydrogen (secondary N) is 2. The number of nitrogens with zero attached hydrogens (tertiary/aromatic N) is 1. The Morgan fingerprint density at radius 1 is 1.07 bits per heavy atom. The standard InChI is InChI=1S/C21H21N3O5/c1-24(12-19(25)22-15-7-5-8-16(11-15)28-2)20(26)13-29-21(27)18-10-14-6-3-4-9-17(14)23-18/h3-11,23H,12-13H2,1-2H3,(H,22,25). The maximum Gasteiger partial charge on any atom is 0.355 e. The van der Waals surface area contributed by atoms with Gasteiger partial charge < -0.3 is 24.7 Å². The van der Waals surface area contributed by atoms with Gasteiger partial charge in [0.1, 0.15) is 11.4 Å². The Bertz CT molecular complexity index is 1010. The molecule has 0 fully saturated rings. The van der Waals surface area contributed by atoms with Crippen molar-refractivity contribution in [2.75, 3.05) is 32.6 Å². The molecule has 0 aliphatic heterocycles. The van der Waals surface area contributed by atoms with E-state index < -0.39 is 18.5 Å². The van der Waals surface area contributed by atoms with E-state index in [1.165, 1.54) is 19.1 Å². The highest BCUT2D eigenvalue weighted by molar-refractivity contribution is 5.97. The van der Waals surface area contributed by atoms with Gasteiger partial charge in [0.2, 0.25) is 5.91 Å². The summed E-state index contributed by atoms with van der Waals surface area (Å²) in [5, 5.41) is 3.55. The molecule has 1 aromatic heterocycles. The zero-order chi connectivity index (χ0) is 20.8. The van der Waals surface area contributed by atoms with E-state index in [1.807, 2.05) is 24.3 Å². The van der Waals surface area contributed by atoms with E-state index in [9.17, 15) is 14.4 Å². The van der Waals surface area contributed by atoms with Crippen molar-refractivity contribution in [1.29, 1.82) is 0 Å². The van der Waals surface area contributed by atoms with Crippen molar-refractivity contribution in [2.45, 2.75) is 0 Å². The van der Waals surface area contributed by atoms with Crippen molar-refractivity contribution in [1.82, 2.24) is 9.88 Å². The van der Waals surface area contributed by atoms with Crippen LogP contribution < -0.4 is 10.1 Å². The largest absolute Gasteiger partial charge is 0.497 e. The monoisotopic (exact) mass is 395 g/mol. The highest BCUT2D eigenvalue weighted by Crippen LogP contribution is 2.17. The predicted octanol–water partition coefficient (Wildman–Crippen LogP) is 2.43. The SMILES string of the molecule is COc1cccc(NC(=O)CN(C)C(=O)COC(=O)c2cc3ccccc3[nH]2)c1. The van der Waals surface area contributed by atoms with Gasteiger partial charge in [-0.15, -0.1) is 0 Å². The number of para-hydroxylation sites is 1. The van der Waals surface area contributed by atoms with Gasteiger partial charge in [0.15, 0.2) is 6.61 Å². The number of carbonyl (C=O) groups excluding carboxylic acids is 3. The van der Waals surface area contributed by atoms with Crippen LogP contribution in [0, 0.1) is 0 Å². The van der Waals surface area contributed by atoms with E-state index in [1.54, 1.807) is 30.3 Å². The molecule has 0 radical (unpaired) electrons. The second-order valence-electron chi connectivity index (χ2n) is 6.38. The first kappa shape index (κ1) is 19.9. The van der Waals surface area contributed by atoms with Gasteiger partial charge in [-0.25, -0.2) is 4.79 Å². The van der Waals surface area contributed by atoms with Crippen LogP contribution in [-0.2, 0) is 14.3 Å². The number of ether oxygens (including phenoxy) is 2. The van der Waals surface area contributed by atoms with Gasteiger partial charge in [0.05, 0.1) is 13.7 Å². The number of aromatic amines is 1. The third-order valence-corrected chi connectivity index (χ3v) is 4.24. The first-order valence-corrected chi connectivity index (χ1v) is 8.89. The average molecular weight is 395 g/mol. The molecular weight excluding hydrogens is 374 g/mol. The number of methoxy groups -OCH3 is 1. The number of anilines is 1. The molecule has 0 saturated heterocycles. The predicted molar refractivity (Wildman–Crippen MR) is 108 cm³/mol. The summed E-state index contributed by atoms with van der Waals surface area (Å²) < 4.78 is 10.2. The lowest BCUT2D eigenvalue weighted by molar-refractivity contribution is -0.136. The van der Waals surface area contributed by atoms with Crippen molar-refractivity contribution >= 4 is 34.4 Å². The number of H-pyrrole nitrogens is 1. The number of hydrogen-bond acceptors (Lipinski definition) is 5. The third kappa shape index (κ3) is 5.13. The minimum Gasteiger partial charge on any atom is -0.497 e. The van der Waals surface area contributed by atoms with Crippen LogP contribution in [0.4, 0.5) is 5.69 Å². The quantitative estimate of drug-likeness (QED) is 0.599. The highest BCUT2D eigenvalue weighted by Gasteiger charge is 2.17. The maximum atomic E-state index is 12.2. The van der Waals surface area contributed by atoms with Crippen LogP contribution in [0.2, 0.25) is 0 Å². The number of rotatable bonds is 7. The summed E-state index contributed by atoms with van der Waals surface area (Å²) in [6.45, 7) is -0.642. The minimum absolute atomic E-state index is 0.181. The van der Waals surface area contributed by atoms with Crippen LogP contribution in [0.5, 0.6) is 5.75 Å². The van der Waals surface area contributed by atoms with Gasteiger partial charge in [-0.2, -0.15) is 0 Å². The lowest BCUT2D eigenvalue weighted by atomic mass is 10.2. The molecule has 2 amide bonds. The highest BCUT2D eigenvalue weighted by atomic mass is 16.5. The molecule has 29 heavy (non-hydrogen) atoms. The molecule has 0 saturated carbocycles. The Balaban J connectivity index is 1.49. The molecule has 0 aliphatic carbocycles. The van der Waals surface area contributed by atoms with Crippen molar-refractivity contribution in [3.8, 4) is 5.75 Å². The molecule has 8 heteroatoms. The molecule has 0 aliphatic rings. The lowest BCUT2D eigenvalue weighted by Crippen LogP contribution is -2.37.